The lowest BCUT2D eigenvalue weighted by Gasteiger charge is -2.07. The Kier molecular flexibility index (Phi) is 3.38. The summed E-state index contributed by atoms with van der Waals surface area (Å²) >= 11 is 0. The van der Waals surface area contributed by atoms with Gasteiger partial charge in [0, 0.05) is 11.6 Å². The van der Waals surface area contributed by atoms with Gasteiger partial charge in [-0.25, -0.2) is 9.97 Å². The van der Waals surface area contributed by atoms with E-state index in [1.165, 1.54) is 18.2 Å². The third-order valence-corrected chi connectivity index (χ3v) is 3.07. The van der Waals surface area contributed by atoms with Crippen molar-refractivity contribution in [2.45, 2.75) is 0 Å². The highest BCUT2D eigenvalue weighted by molar-refractivity contribution is 6.04. The van der Waals surface area contributed by atoms with Crippen LogP contribution in [-0.2, 0) is 0 Å². The molecule has 0 radical (unpaired) electrons. The number of nitrogens with zero attached hydrogens (tertiary/aromatic N) is 3. The van der Waals surface area contributed by atoms with Gasteiger partial charge in [0.25, 0.3) is 5.91 Å². The smallest absolute Gasteiger partial charge is 0.274 e. The third-order valence-electron chi connectivity index (χ3n) is 3.07. The summed E-state index contributed by atoms with van der Waals surface area (Å²) in [5.74, 6) is -0.607. The lowest BCUT2D eigenvalue weighted by Crippen LogP contribution is -2.14. The molecule has 6 heteroatoms. The highest BCUT2D eigenvalue weighted by atomic mass is 16.3. The van der Waals surface area contributed by atoms with E-state index in [2.05, 4.69) is 15.3 Å². The number of nitrogens with one attached hydrogen (secondary N) is 1. The molecule has 0 aliphatic carbocycles. The van der Waals surface area contributed by atoms with Crippen LogP contribution in [0.5, 0.6) is 5.75 Å². The zero-order valence-electron chi connectivity index (χ0n) is 11.3. The summed E-state index contributed by atoms with van der Waals surface area (Å²) in [6, 6.07) is 13.1. The first-order chi connectivity index (χ1) is 10.7. The van der Waals surface area contributed by atoms with E-state index in [0.29, 0.717) is 11.2 Å². The number of nitriles is 1. The molecule has 22 heavy (non-hydrogen) atoms. The number of aromatic nitrogens is 2. The Morgan fingerprint density at radius 2 is 2.09 bits per heavy atom. The molecule has 2 N–H and O–H groups in total. The number of benzene rings is 1. The van der Waals surface area contributed by atoms with Crippen molar-refractivity contribution < 1.29 is 9.90 Å². The maximum Gasteiger partial charge on any atom is 0.274 e. The number of carbonyl (C=O) groups is 1. The van der Waals surface area contributed by atoms with Crippen molar-refractivity contribution in [2.75, 3.05) is 5.32 Å². The number of phenolic OH excluding ortho intramolecular Hbond substituents is 1. The fourth-order valence-electron chi connectivity index (χ4n) is 1.97. The van der Waals surface area contributed by atoms with E-state index in [9.17, 15) is 9.90 Å². The average molecular weight is 290 g/mol. The Labute approximate surface area is 125 Å². The van der Waals surface area contributed by atoms with Gasteiger partial charge in [-0.2, -0.15) is 5.26 Å². The quantitative estimate of drug-likeness (QED) is 0.706. The molecule has 0 aliphatic heterocycles. The number of fused-ring (bicyclic) bond motifs is 1. The van der Waals surface area contributed by atoms with Crippen LogP contribution >= 0.6 is 0 Å². The SMILES string of the molecule is N#Cc1ccc(O)c(NC(=O)c2ccc3cccnc3n2)c1. The molecule has 0 spiro atoms. The van der Waals surface area contributed by atoms with E-state index < -0.39 is 5.91 Å². The van der Waals surface area contributed by atoms with Gasteiger partial charge in [0.2, 0.25) is 0 Å². The average Bonchev–Trinajstić information content (AvgIpc) is 2.56. The molecule has 0 aliphatic rings. The second-order valence-corrected chi connectivity index (χ2v) is 4.54. The van der Waals surface area contributed by atoms with Crippen LogP contribution < -0.4 is 5.32 Å². The Morgan fingerprint density at radius 1 is 1.23 bits per heavy atom. The van der Waals surface area contributed by atoms with E-state index in [0.717, 1.165) is 5.39 Å². The molecule has 2 aromatic heterocycles. The summed E-state index contributed by atoms with van der Waals surface area (Å²) in [4.78, 5) is 20.5. The van der Waals surface area contributed by atoms with Crippen molar-refractivity contribution >= 4 is 22.6 Å². The number of amides is 1. The highest BCUT2D eigenvalue weighted by Crippen LogP contribution is 2.24. The van der Waals surface area contributed by atoms with Gasteiger partial charge >= 0.3 is 0 Å². The van der Waals surface area contributed by atoms with Crippen LogP contribution in [0.25, 0.3) is 11.0 Å². The van der Waals surface area contributed by atoms with E-state index in [1.54, 1.807) is 24.4 Å². The van der Waals surface area contributed by atoms with Gasteiger partial charge in [-0.05, 0) is 42.5 Å². The first kappa shape index (κ1) is 13.5. The molecule has 1 aromatic carbocycles. The summed E-state index contributed by atoms with van der Waals surface area (Å²) in [5, 5.41) is 22.0. The molecule has 106 valence electrons. The van der Waals surface area contributed by atoms with E-state index >= 15 is 0 Å². The fourth-order valence-corrected chi connectivity index (χ4v) is 1.97. The number of hydrogen-bond donors (Lipinski definition) is 2. The molecule has 3 aromatic rings. The highest BCUT2D eigenvalue weighted by Gasteiger charge is 2.12. The maximum absolute atomic E-state index is 12.2. The summed E-state index contributed by atoms with van der Waals surface area (Å²) < 4.78 is 0. The topological polar surface area (TPSA) is 98.9 Å². The molecule has 2 heterocycles. The number of phenols is 1. The Balaban J connectivity index is 1.92. The molecule has 0 atom stereocenters. The largest absolute Gasteiger partial charge is 0.506 e. The van der Waals surface area contributed by atoms with Crippen LogP contribution in [0.3, 0.4) is 0 Å². The molecule has 0 fully saturated rings. The predicted octanol–water partition coefficient (Wildman–Crippen LogP) is 2.46. The molecule has 1 amide bonds. The van der Waals surface area contributed by atoms with Crippen LogP contribution in [0, 0.1) is 11.3 Å². The van der Waals surface area contributed by atoms with Crippen molar-refractivity contribution in [3.05, 3.63) is 59.9 Å². The van der Waals surface area contributed by atoms with Crippen LogP contribution in [0.1, 0.15) is 16.1 Å². The second-order valence-electron chi connectivity index (χ2n) is 4.54. The lowest BCUT2D eigenvalue weighted by atomic mass is 10.2. The molecule has 0 saturated carbocycles. The van der Waals surface area contributed by atoms with E-state index in [1.807, 2.05) is 12.1 Å². The molecule has 0 unspecified atom stereocenters. The number of rotatable bonds is 2. The maximum atomic E-state index is 12.2. The second kappa shape index (κ2) is 5.50. The predicted molar refractivity (Wildman–Crippen MR) is 80.3 cm³/mol. The van der Waals surface area contributed by atoms with Crippen LogP contribution in [0.4, 0.5) is 5.69 Å². The van der Waals surface area contributed by atoms with E-state index in [-0.39, 0.29) is 17.1 Å². The van der Waals surface area contributed by atoms with Crippen molar-refractivity contribution in [2.24, 2.45) is 0 Å². The number of carbonyl (C=O) groups excluding carboxylic acids is 1. The minimum atomic E-state index is -0.488. The normalized spacial score (nSPS) is 10.1. The van der Waals surface area contributed by atoms with Gasteiger partial charge < -0.3 is 10.4 Å². The van der Waals surface area contributed by atoms with E-state index in [4.69, 9.17) is 5.26 Å². The third kappa shape index (κ3) is 2.55. The molecular formula is C16H10N4O2. The van der Waals surface area contributed by atoms with Crippen LogP contribution in [-0.4, -0.2) is 21.0 Å². The standard InChI is InChI=1S/C16H10N4O2/c17-9-10-3-6-14(21)13(8-10)20-16(22)12-5-4-11-2-1-7-18-15(11)19-12/h1-8,21H,(H,20,22). The monoisotopic (exact) mass is 290 g/mol. The van der Waals surface area contributed by atoms with Crippen molar-refractivity contribution in [3.8, 4) is 11.8 Å². The van der Waals surface area contributed by atoms with Gasteiger partial charge in [-0.3, -0.25) is 4.79 Å². The van der Waals surface area contributed by atoms with Gasteiger partial charge in [-0.15, -0.1) is 0 Å². The number of anilines is 1. The molecule has 3 rings (SSSR count). The molecule has 0 saturated heterocycles. The van der Waals surface area contributed by atoms with Gasteiger partial charge in [0.1, 0.15) is 11.4 Å². The molecule has 6 nitrogen and oxygen atoms in total. The van der Waals surface area contributed by atoms with Crippen LogP contribution in [0.2, 0.25) is 0 Å². The summed E-state index contributed by atoms with van der Waals surface area (Å²) in [7, 11) is 0. The lowest BCUT2D eigenvalue weighted by molar-refractivity contribution is 0.102. The Bertz CT molecular complexity index is 915. The Hall–Kier alpha value is -3.46. The minimum Gasteiger partial charge on any atom is -0.506 e. The minimum absolute atomic E-state index is 0.119. The Morgan fingerprint density at radius 3 is 2.91 bits per heavy atom. The first-order valence-corrected chi connectivity index (χ1v) is 6.43. The summed E-state index contributed by atoms with van der Waals surface area (Å²) in [6.07, 6.45) is 1.60. The van der Waals surface area contributed by atoms with Crippen molar-refractivity contribution in [3.63, 3.8) is 0 Å². The molecular weight excluding hydrogens is 280 g/mol. The van der Waals surface area contributed by atoms with Gasteiger partial charge in [-0.1, -0.05) is 0 Å². The number of aromatic hydroxyl groups is 1. The zero-order chi connectivity index (χ0) is 15.5. The van der Waals surface area contributed by atoms with Gasteiger partial charge in [0.15, 0.2) is 5.65 Å². The summed E-state index contributed by atoms with van der Waals surface area (Å²) in [6.45, 7) is 0. The fraction of sp³-hybridized carbons (Fsp3) is 0. The van der Waals surface area contributed by atoms with Gasteiger partial charge in [0.05, 0.1) is 17.3 Å². The zero-order valence-corrected chi connectivity index (χ0v) is 11.3. The number of pyridine rings is 2. The number of hydrogen-bond acceptors (Lipinski definition) is 5. The molecule has 0 bridgehead atoms. The van der Waals surface area contributed by atoms with Crippen molar-refractivity contribution in [1.82, 2.24) is 9.97 Å². The van der Waals surface area contributed by atoms with Crippen LogP contribution in [0.15, 0.2) is 48.7 Å². The van der Waals surface area contributed by atoms with Crippen molar-refractivity contribution in [1.29, 1.82) is 5.26 Å². The summed E-state index contributed by atoms with van der Waals surface area (Å²) in [5.41, 5.74) is 1.13. The first-order valence-electron chi connectivity index (χ1n) is 6.43.